The zero-order chi connectivity index (χ0) is 16.3. The van der Waals surface area contributed by atoms with Gasteiger partial charge in [-0.3, -0.25) is 0 Å². The number of carboxylic acid groups (broad SMARTS) is 2. The summed E-state index contributed by atoms with van der Waals surface area (Å²) in [6.45, 7) is 0. The van der Waals surface area contributed by atoms with Gasteiger partial charge in [-0.25, -0.2) is 9.59 Å². The second kappa shape index (κ2) is 9.77. The molecule has 10 heteroatoms. The first-order chi connectivity index (χ1) is 10.4. The molecule has 0 aromatic heterocycles. The van der Waals surface area contributed by atoms with Gasteiger partial charge in [0.05, 0.1) is 11.4 Å². The van der Waals surface area contributed by atoms with Gasteiger partial charge in [0.15, 0.2) is 0 Å². The summed E-state index contributed by atoms with van der Waals surface area (Å²) in [5.74, 6) is -3.42. The molecule has 0 amide bonds. The Balaban J connectivity index is 0.00000264. The molecule has 0 heterocycles. The second-order valence-electron chi connectivity index (χ2n) is 4.21. The normalized spacial score (nSPS) is 9.83. The minimum absolute atomic E-state index is 0. The van der Waals surface area contributed by atoms with Crippen LogP contribution in [0.15, 0.2) is 46.6 Å². The van der Waals surface area contributed by atoms with Gasteiger partial charge in [-0.1, -0.05) is 0 Å². The molecule has 0 aliphatic carbocycles. The maximum atomic E-state index is 10.9. The van der Waals surface area contributed by atoms with Crippen molar-refractivity contribution in [2.75, 3.05) is 0 Å². The fourth-order valence-corrected chi connectivity index (χ4v) is 1.63. The van der Waals surface area contributed by atoms with E-state index in [1.165, 1.54) is 12.1 Å². The van der Waals surface area contributed by atoms with Crippen LogP contribution in [0.25, 0.3) is 0 Å². The van der Waals surface area contributed by atoms with Crippen LogP contribution < -0.4 is 59.1 Å². The van der Waals surface area contributed by atoms with E-state index in [1.54, 1.807) is 0 Å². The molecule has 2 rings (SSSR count). The van der Waals surface area contributed by atoms with Gasteiger partial charge >= 0.3 is 71.1 Å². The van der Waals surface area contributed by atoms with Crippen molar-refractivity contribution in [1.82, 2.24) is 0 Å². The van der Waals surface area contributed by atoms with E-state index in [0.717, 1.165) is 24.3 Å². The van der Waals surface area contributed by atoms with Crippen molar-refractivity contribution in [3.63, 3.8) is 0 Å². The molecule has 0 aliphatic heterocycles. The largest absolute Gasteiger partial charge is 1.00 e. The number of nitrogens with zero attached hydrogens (tertiary/aromatic N) is 2. The van der Waals surface area contributed by atoms with Crippen molar-refractivity contribution in [2.24, 2.45) is 10.2 Å². The molecule has 24 heavy (non-hydrogen) atoms. The van der Waals surface area contributed by atoms with E-state index in [2.05, 4.69) is 10.2 Å². The number of carboxylic acids is 2. The van der Waals surface area contributed by atoms with Gasteiger partial charge < -0.3 is 20.4 Å². The average Bonchev–Trinajstić information content (AvgIpc) is 2.47. The summed E-state index contributed by atoms with van der Waals surface area (Å²) in [6.07, 6.45) is 0. The Bertz CT molecular complexity index is 729. The first-order valence-corrected chi connectivity index (χ1v) is 5.93. The first-order valence-electron chi connectivity index (χ1n) is 5.93. The molecular formula is C14H10N2Na2O6+2. The molecule has 0 bridgehead atoms. The zero-order valence-corrected chi connectivity index (χ0v) is 17.0. The Morgan fingerprint density at radius 1 is 0.708 bits per heavy atom. The molecule has 2 aromatic rings. The summed E-state index contributed by atoms with van der Waals surface area (Å²) in [4.78, 5) is 21.8. The first kappa shape index (κ1) is 22.6. The number of aromatic carboxylic acids is 2. The Labute approximate surface area is 180 Å². The van der Waals surface area contributed by atoms with E-state index in [1.807, 2.05) is 0 Å². The summed E-state index contributed by atoms with van der Waals surface area (Å²) in [5, 5.41) is 44.0. The molecule has 0 saturated heterocycles. The quantitative estimate of drug-likeness (QED) is 0.341. The number of carbonyl (C=O) groups is 2. The molecule has 0 spiro atoms. The predicted molar refractivity (Wildman–Crippen MR) is 74.3 cm³/mol. The monoisotopic (exact) mass is 348 g/mol. The molecule has 0 atom stereocenters. The number of rotatable bonds is 4. The van der Waals surface area contributed by atoms with Gasteiger partial charge in [0.1, 0.15) is 22.6 Å². The standard InChI is InChI=1S/C14H10N2O6.2Na/c17-11-3-1-7(5-9(11)13(19)20)15-16-8-2-4-12(18)10(6-8)14(21)22;;/h1-6,17-18H,(H,19,20)(H,21,22);;/q;2*+1. The number of azo groups is 1. The van der Waals surface area contributed by atoms with Gasteiger partial charge in [0.25, 0.3) is 0 Å². The Morgan fingerprint density at radius 3 is 1.33 bits per heavy atom. The average molecular weight is 348 g/mol. The van der Waals surface area contributed by atoms with Crippen molar-refractivity contribution < 1.29 is 89.1 Å². The number of phenols is 2. The van der Waals surface area contributed by atoms with Crippen LogP contribution in [0.5, 0.6) is 11.5 Å². The number of benzene rings is 2. The maximum absolute atomic E-state index is 10.9. The molecule has 0 radical (unpaired) electrons. The molecule has 8 nitrogen and oxygen atoms in total. The third-order valence-electron chi connectivity index (χ3n) is 2.70. The minimum Gasteiger partial charge on any atom is -0.507 e. The van der Waals surface area contributed by atoms with Crippen molar-refractivity contribution >= 4 is 23.3 Å². The molecule has 4 N–H and O–H groups in total. The Hall–Kier alpha value is -1.42. The smallest absolute Gasteiger partial charge is 0.507 e. The van der Waals surface area contributed by atoms with Crippen LogP contribution in [0.2, 0.25) is 0 Å². The van der Waals surface area contributed by atoms with E-state index in [-0.39, 0.29) is 81.6 Å². The second-order valence-corrected chi connectivity index (χ2v) is 4.21. The van der Waals surface area contributed by atoms with Crippen molar-refractivity contribution in [1.29, 1.82) is 0 Å². The molecule has 0 unspecified atom stereocenters. The fraction of sp³-hybridized carbons (Fsp3) is 0. The summed E-state index contributed by atoms with van der Waals surface area (Å²) in [7, 11) is 0. The van der Waals surface area contributed by atoms with Gasteiger partial charge in [0, 0.05) is 0 Å². The van der Waals surface area contributed by atoms with Crippen molar-refractivity contribution in [3.05, 3.63) is 47.5 Å². The van der Waals surface area contributed by atoms with Crippen LogP contribution in [-0.2, 0) is 0 Å². The van der Waals surface area contributed by atoms with Crippen molar-refractivity contribution in [2.45, 2.75) is 0 Å². The predicted octanol–water partition coefficient (Wildman–Crippen LogP) is -3.08. The molecule has 112 valence electrons. The van der Waals surface area contributed by atoms with Crippen LogP contribution in [-0.4, -0.2) is 32.4 Å². The number of aromatic hydroxyl groups is 2. The Morgan fingerprint density at radius 2 is 1.04 bits per heavy atom. The van der Waals surface area contributed by atoms with Crippen LogP contribution in [0.3, 0.4) is 0 Å². The maximum Gasteiger partial charge on any atom is 1.00 e. The minimum atomic E-state index is -1.31. The van der Waals surface area contributed by atoms with E-state index >= 15 is 0 Å². The van der Waals surface area contributed by atoms with Crippen LogP contribution in [0, 0.1) is 0 Å². The molecular weight excluding hydrogens is 338 g/mol. The van der Waals surface area contributed by atoms with Gasteiger partial charge in [-0.05, 0) is 36.4 Å². The van der Waals surface area contributed by atoms with Gasteiger partial charge in [0.2, 0.25) is 0 Å². The topological polar surface area (TPSA) is 140 Å². The summed E-state index contributed by atoms with van der Waals surface area (Å²) >= 11 is 0. The third-order valence-corrected chi connectivity index (χ3v) is 2.70. The van der Waals surface area contributed by atoms with E-state index < -0.39 is 23.4 Å². The summed E-state index contributed by atoms with van der Waals surface area (Å²) < 4.78 is 0. The van der Waals surface area contributed by atoms with E-state index in [4.69, 9.17) is 10.2 Å². The van der Waals surface area contributed by atoms with Crippen LogP contribution in [0.1, 0.15) is 20.7 Å². The number of hydrogen-bond acceptors (Lipinski definition) is 6. The zero-order valence-electron chi connectivity index (χ0n) is 13.0. The molecule has 0 saturated carbocycles. The van der Waals surface area contributed by atoms with Crippen molar-refractivity contribution in [3.8, 4) is 11.5 Å². The van der Waals surface area contributed by atoms with Crippen LogP contribution in [0.4, 0.5) is 11.4 Å². The van der Waals surface area contributed by atoms with Gasteiger partial charge in [-0.2, -0.15) is 10.2 Å². The molecule has 2 aromatic carbocycles. The Kier molecular flexibility index (Phi) is 9.20. The SMILES string of the molecule is O=C(O)c1cc(N=Nc2ccc(O)c(C(=O)O)c2)ccc1O.[Na+].[Na+]. The van der Waals surface area contributed by atoms with E-state index in [9.17, 15) is 19.8 Å². The fourth-order valence-electron chi connectivity index (χ4n) is 1.63. The summed E-state index contributed by atoms with van der Waals surface area (Å²) in [5.41, 5.74) is -0.318. The third kappa shape index (κ3) is 5.59. The van der Waals surface area contributed by atoms with Gasteiger partial charge in [-0.15, -0.1) is 0 Å². The molecule has 0 aliphatic rings. The van der Waals surface area contributed by atoms with E-state index in [0.29, 0.717) is 0 Å². The number of hydrogen-bond donors (Lipinski definition) is 4. The van der Waals surface area contributed by atoms with Crippen LogP contribution >= 0.6 is 0 Å². The summed E-state index contributed by atoms with van der Waals surface area (Å²) in [6, 6.07) is 7.28. The molecule has 0 fully saturated rings.